The summed E-state index contributed by atoms with van der Waals surface area (Å²) < 4.78 is 12.7. The van der Waals surface area contributed by atoms with E-state index in [1.807, 2.05) is 19.0 Å². The Morgan fingerprint density at radius 2 is 2.12 bits per heavy atom. The standard InChI is InChI=1S/C10H9ClFN3S/c1-15(2)10-8(11)14-9(16-10)6-3-4-7(12)13-5-6/h3-5H,1-2H3. The molecule has 84 valence electrons. The van der Waals surface area contributed by atoms with Crippen molar-refractivity contribution in [3.63, 3.8) is 0 Å². The average Bonchev–Trinajstić information content (AvgIpc) is 2.61. The molecule has 0 aromatic carbocycles. The first kappa shape index (κ1) is 11.3. The topological polar surface area (TPSA) is 29.0 Å². The summed E-state index contributed by atoms with van der Waals surface area (Å²) >= 11 is 7.43. The quantitative estimate of drug-likeness (QED) is 0.775. The van der Waals surface area contributed by atoms with E-state index in [-0.39, 0.29) is 0 Å². The van der Waals surface area contributed by atoms with Crippen LogP contribution in [0.4, 0.5) is 9.39 Å². The predicted octanol–water partition coefficient (Wildman–Crippen LogP) is 3.06. The number of nitrogens with zero attached hydrogens (tertiary/aromatic N) is 3. The molecule has 2 rings (SSSR count). The van der Waals surface area contributed by atoms with Gasteiger partial charge in [-0.05, 0) is 12.1 Å². The van der Waals surface area contributed by atoms with Gasteiger partial charge >= 0.3 is 0 Å². The van der Waals surface area contributed by atoms with Gasteiger partial charge in [0.25, 0.3) is 0 Å². The summed E-state index contributed by atoms with van der Waals surface area (Å²) in [7, 11) is 3.79. The molecule has 2 aromatic heterocycles. The number of rotatable bonds is 2. The van der Waals surface area contributed by atoms with Gasteiger partial charge in [0.05, 0.1) is 0 Å². The van der Waals surface area contributed by atoms with Crippen LogP contribution in [0.3, 0.4) is 0 Å². The molecule has 0 spiro atoms. The molecule has 2 aromatic rings. The van der Waals surface area contributed by atoms with Crippen LogP contribution in [-0.2, 0) is 0 Å². The highest BCUT2D eigenvalue weighted by Gasteiger charge is 2.12. The Morgan fingerprint density at radius 1 is 1.38 bits per heavy atom. The van der Waals surface area contributed by atoms with Gasteiger partial charge in [0.2, 0.25) is 5.95 Å². The van der Waals surface area contributed by atoms with Gasteiger partial charge < -0.3 is 4.90 Å². The van der Waals surface area contributed by atoms with Crippen molar-refractivity contribution in [2.45, 2.75) is 0 Å². The number of hydrogen-bond donors (Lipinski definition) is 0. The average molecular weight is 258 g/mol. The van der Waals surface area contributed by atoms with Gasteiger partial charge in [-0.15, -0.1) is 0 Å². The van der Waals surface area contributed by atoms with Gasteiger partial charge in [-0.2, -0.15) is 4.39 Å². The fourth-order valence-electron chi connectivity index (χ4n) is 1.20. The largest absolute Gasteiger partial charge is 0.367 e. The van der Waals surface area contributed by atoms with Crippen molar-refractivity contribution in [3.05, 3.63) is 29.4 Å². The SMILES string of the molecule is CN(C)c1sc(-c2ccc(F)nc2)nc1Cl. The fraction of sp³-hybridized carbons (Fsp3) is 0.200. The van der Waals surface area contributed by atoms with Gasteiger partial charge in [0, 0.05) is 25.9 Å². The van der Waals surface area contributed by atoms with Gasteiger partial charge in [-0.3, -0.25) is 0 Å². The number of anilines is 1. The lowest BCUT2D eigenvalue weighted by molar-refractivity contribution is 0.584. The molecular weight excluding hydrogens is 249 g/mol. The predicted molar refractivity (Wildman–Crippen MR) is 64.6 cm³/mol. The van der Waals surface area contributed by atoms with E-state index in [1.54, 1.807) is 6.07 Å². The van der Waals surface area contributed by atoms with E-state index in [0.717, 1.165) is 15.6 Å². The summed E-state index contributed by atoms with van der Waals surface area (Å²) in [4.78, 5) is 9.68. The normalized spacial score (nSPS) is 10.5. The van der Waals surface area contributed by atoms with Crippen LogP contribution < -0.4 is 4.90 Å². The Balaban J connectivity index is 2.41. The Hall–Kier alpha value is -1.20. The van der Waals surface area contributed by atoms with E-state index < -0.39 is 5.95 Å². The second kappa shape index (κ2) is 4.35. The summed E-state index contributed by atoms with van der Waals surface area (Å²) in [6.45, 7) is 0. The molecule has 0 radical (unpaired) electrons. The molecule has 0 aliphatic carbocycles. The summed E-state index contributed by atoms with van der Waals surface area (Å²) in [5.74, 6) is -0.501. The molecule has 0 atom stereocenters. The summed E-state index contributed by atoms with van der Waals surface area (Å²) in [5.41, 5.74) is 0.765. The maximum atomic E-state index is 12.7. The Kier molecular flexibility index (Phi) is 3.07. The van der Waals surface area contributed by atoms with E-state index in [1.165, 1.54) is 23.6 Å². The van der Waals surface area contributed by atoms with Crippen LogP contribution in [-0.4, -0.2) is 24.1 Å². The Bertz CT molecular complexity index is 495. The zero-order valence-electron chi connectivity index (χ0n) is 8.74. The smallest absolute Gasteiger partial charge is 0.212 e. The molecule has 3 nitrogen and oxygen atoms in total. The lowest BCUT2D eigenvalue weighted by Crippen LogP contribution is -2.06. The van der Waals surface area contributed by atoms with E-state index in [0.29, 0.717) is 5.15 Å². The first-order valence-electron chi connectivity index (χ1n) is 4.53. The zero-order chi connectivity index (χ0) is 11.7. The third kappa shape index (κ3) is 2.15. The third-order valence-electron chi connectivity index (χ3n) is 1.95. The van der Waals surface area contributed by atoms with Crippen LogP contribution in [0.2, 0.25) is 5.15 Å². The van der Waals surface area contributed by atoms with Crippen LogP contribution >= 0.6 is 22.9 Å². The third-order valence-corrected chi connectivity index (χ3v) is 3.60. The van der Waals surface area contributed by atoms with Crippen LogP contribution in [0.25, 0.3) is 10.6 Å². The molecular formula is C10H9ClFN3S. The minimum Gasteiger partial charge on any atom is -0.367 e. The molecule has 2 heterocycles. The lowest BCUT2D eigenvalue weighted by Gasteiger charge is -2.07. The monoisotopic (exact) mass is 257 g/mol. The Morgan fingerprint density at radius 3 is 2.62 bits per heavy atom. The molecule has 0 N–H and O–H groups in total. The molecule has 0 unspecified atom stereocenters. The number of halogens is 2. The molecule has 0 saturated carbocycles. The van der Waals surface area contributed by atoms with Gasteiger partial charge in [0.1, 0.15) is 10.0 Å². The minimum atomic E-state index is -0.501. The van der Waals surface area contributed by atoms with Crippen molar-refractivity contribution >= 4 is 27.9 Å². The maximum absolute atomic E-state index is 12.7. The van der Waals surface area contributed by atoms with Crippen LogP contribution in [0.1, 0.15) is 0 Å². The minimum absolute atomic E-state index is 0.453. The Labute approximate surface area is 102 Å². The highest BCUT2D eigenvalue weighted by atomic mass is 35.5. The van der Waals surface area contributed by atoms with Crippen molar-refractivity contribution in [3.8, 4) is 10.6 Å². The molecule has 6 heteroatoms. The van der Waals surface area contributed by atoms with E-state index in [2.05, 4.69) is 9.97 Å². The van der Waals surface area contributed by atoms with Gasteiger partial charge in [-0.1, -0.05) is 22.9 Å². The van der Waals surface area contributed by atoms with Crippen LogP contribution in [0, 0.1) is 5.95 Å². The fourth-order valence-corrected chi connectivity index (χ4v) is 2.49. The summed E-state index contributed by atoms with van der Waals surface area (Å²) in [6, 6.07) is 2.94. The van der Waals surface area contributed by atoms with E-state index in [9.17, 15) is 4.39 Å². The number of pyridine rings is 1. The van der Waals surface area contributed by atoms with Crippen molar-refractivity contribution < 1.29 is 4.39 Å². The second-order valence-electron chi connectivity index (χ2n) is 3.38. The van der Waals surface area contributed by atoms with E-state index >= 15 is 0 Å². The lowest BCUT2D eigenvalue weighted by atomic mass is 10.3. The molecule has 0 aliphatic heterocycles. The molecule has 0 bridgehead atoms. The highest BCUT2D eigenvalue weighted by Crippen LogP contribution is 2.36. The molecule has 0 fully saturated rings. The molecule has 0 saturated heterocycles. The first-order valence-corrected chi connectivity index (χ1v) is 5.73. The summed E-state index contributed by atoms with van der Waals surface area (Å²) in [5, 5.41) is 2.07. The highest BCUT2D eigenvalue weighted by molar-refractivity contribution is 7.19. The maximum Gasteiger partial charge on any atom is 0.212 e. The summed E-state index contributed by atoms with van der Waals surface area (Å²) in [6.07, 6.45) is 1.45. The zero-order valence-corrected chi connectivity index (χ0v) is 10.3. The van der Waals surface area contributed by atoms with Crippen molar-refractivity contribution in [2.24, 2.45) is 0 Å². The van der Waals surface area contributed by atoms with Crippen molar-refractivity contribution in [1.82, 2.24) is 9.97 Å². The first-order chi connectivity index (χ1) is 7.58. The van der Waals surface area contributed by atoms with Crippen LogP contribution in [0.15, 0.2) is 18.3 Å². The van der Waals surface area contributed by atoms with Crippen molar-refractivity contribution in [2.75, 3.05) is 19.0 Å². The van der Waals surface area contributed by atoms with E-state index in [4.69, 9.17) is 11.6 Å². The molecule has 0 aliphatic rings. The number of aromatic nitrogens is 2. The van der Waals surface area contributed by atoms with Gasteiger partial charge in [-0.25, -0.2) is 9.97 Å². The molecule has 0 amide bonds. The number of hydrogen-bond acceptors (Lipinski definition) is 4. The van der Waals surface area contributed by atoms with Gasteiger partial charge in [0.15, 0.2) is 5.15 Å². The molecule has 16 heavy (non-hydrogen) atoms. The van der Waals surface area contributed by atoms with Crippen LogP contribution in [0.5, 0.6) is 0 Å². The number of thiazole rings is 1. The van der Waals surface area contributed by atoms with Crippen molar-refractivity contribution in [1.29, 1.82) is 0 Å². The second-order valence-corrected chi connectivity index (χ2v) is 4.71.